The van der Waals surface area contributed by atoms with Crippen LogP contribution in [0.4, 0.5) is 5.95 Å². The fourth-order valence-corrected chi connectivity index (χ4v) is 8.61. The van der Waals surface area contributed by atoms with Crippen LogP contribution in [0.5, 0.6) is 0 Å². The maximum absolute atomic E-state index is 13.4. The molecule has 0 spiro atoms. The number of benzene rings is 1. The lowest BCUT2D eigenvalue weighted by atomic mass is 10.2. The number of sulfonamides is 2. The number of carbonyl (C=O) groups excluding carboxylic acids is 1. The largest absolute Gasteiger partial charge is 0.337 e. The lowest BCUT2D eigenvalue weighted by Gasteiger charge is -2.35. The molecule has 0 saturated carbocycles. The van der Waals surface area contributed by atoms with Gasteiger partial charge in [-0.1, -0.05) is 17.7 Å². The third-order valence-electron chi connectivity index (χ3n) is 6.49. The van der Waals surface area contributed by atoms with Crippen LogP contribution in [-0.4, -0.2) is 98.6 Å². The van der Waals surface area contributed by atoms with Crippen molar-refractivity contribution >= 4 is 54.8 Å². The molecule has 2 aromatic heterocycles. The number of rotatable bonds is 6. The summed E-state index contributed by atoms with van der Waals surface area (Å²) in [6, 6.07) is 9.02. The Kier molecular flexibility index (Phi) is 7.71. The number of halogens is 1. The van der Waals surface area contributed by atoms with Crippen molar-refractivity contribution in [2.75, 3.05) is 57.3 Å². The Morgan fingerprint density at radius 2 is 1.45 bits per heavy atom. The van der Waals surface area contributed by atoms with Crippen LogP contribution in [-0.2, 0) is 20.0 Å². The molecule has 4 heterocycles. The van der Waals surface area contributed by atoms with Crippen molar-refractivity contribution < 1.29 is 21.6 Å². The van der Waals surface area contributed by atoms with Crippen LogP contribution in [0.15, 0.2) is 63.3 Å². The number of hydrogen-bond donors (Lipinski definition) is 0. The van der Waals surface area contributed by atoms with E-state index in [1.165, 1.54) is 32.9 Å². The van der Waals surface area contributed by atoms with Gasteiger partial charge in [-0.15, -0.1) is 11.3 Å². The van der Waals surface area contributed by atoms with Gasteiger partial charge in [0.25, 0.3) is 15.9 Å². The Morgan fingerprint density at radius 3 is 2.05 bits per heavy atom. The highest BCUT2D eigenvalue weighted by Gasteiger charge is 2.35. The fourth-order valence-electron chi connectivity index (χ4n) is 4.40. The Hall–Kier alpha value is -2.62. The molecule has 1 aromatic carbocycles. The molecule has 2 aliphatic heterocycles. The van der Waals surface area contributed by atoms with Crippen LogP contribution in [0.25, 0.3) is 0 Å². The number of aromatic nitrogens is 2. The summed E-state index contributed by atoms with van der Waals surface area (Å²) in [7, 11) is -7.63. The number of piperazine rings is 2. The zero-order valence-corrected chi connectivity index (χ0v) is 23.4. The standard InChI is InChI=1S/C23H25ClN6O5S3/c24-20-5-4-18(17-19(20)22(31)27-8-10-28(11-9-27)23-25-6-2-7-26-23)37(32,33)29-12-14-30(15-13-29)38(34,35)21-3-1-16-36-21/h1-7,16-17H,8-15H2. The van der Waals surface area contributed by atoms with Gasteiger partial charge in [0.1, 0.15) is 4.21 Å². The third-order valence-corrected chi connectivity index (χ3v) is 12.0. The second-order valence-electron chi connectivity index (χ2n) is 8.71. The van der Waals surface area contributed by atoms with E-state index in [4.69, 9.17) is 11.6 Å². The van der Waals surface area contributed by atoms with Crippen molar-refractivity contribution in [1.82, 2.24) is 23.5 Å². The molecule has 0 aliphatic carbocycles. The van der Waals surface area contributed by atoms with Crippen molar-refractivity contribution in [3.05, 3.63) is 64.8 Å². The van der Waals surface area contributed by atoms with E-state index < -0.39 is 20.0 Å². The minimum atomic E-state index is -3.97. The van der Waals surface area contributed by atoms with Crippen molar-refractivity contribution in [1.29, 1.82) is 0 Å². The zero-order chi connectivity index (χ0) is 26.9. The molecule has 2 fully saturated rings. The molecule has 0 radical (unpaired) electrons. The Balaban J connectivity index is 1.27. The van der Waals surface area contributed by atoms with E-state index >= 15 is 0 Å². The molecule has 3 aromatic rings. The summed E-state index contributed by atoms with van der Waals surface area (Å²) >= 11 is 7.45. The molecule has 202 valence electrons. The summed E-state index contributed by atoms with van der Waals surface area (Å²) in [5, 5.41) is 1.85. The van der Waals surface area contributed by atoms with Gasteiger partial charge in [0.15, 0.2) is 0 Å². The summed E-state index contributed by atoms with van der Waals surface area (Å²) in [5.74, 6) is 0.238. The molecule has 2 aliphatic rings. The molecule has 0 bridgehead atoms. The van der Waals surface area contributed by atoms with Crippen LogP contribution in [0, 0.1) is 0 Å². The average Bonchev–Trinajstić information content (AvgIpc) is 3.50. The Labute approximate surface area is 230 Å². The summed E-state index contributed by atoms with van der Waals surface area (Å²) in [6.07, 6.45) is 3.32. The third kappa shape index (κ3) is 5.28. The van der Waals surface area contributed by atoms with Crippen LogP contribution >= 0.6 is 22.9 Å². The molecule has 38 heavy (non-hydrogen) atoms. The highest BCUT2D eigenvalue weighted by molar-refractivity contribution is 7.91. The summed E-state index contributed by atoms with van der Waals surface area (Å²) in [6.45, 7) is 1.96. The number of nitrogens with zero attached hydrogens (tertiary/aromatic N) is 6. The fraction of sp³-hybridized carbons (Fsp3) is 0.348. The molecule has 5 rings (SSSR count). The van der Waals surface area contributed by atoms with Gasteiger partial charge in [0.2, 0.25) is 16.0 Å². The first-order valence-corrected chi connectivity index (χ1v) is 16.0. The second kappa shape index (κ2) is 10.9. The monoisotopic (exact) mass is 596 g/mol. The van der Waals surface area contributed by atoms with Gasteiger partial charge in [-0.25, -0.2) is 26.8 Å². The smallest absolute Gasteiger partial charge is 0.255 e. The molecule has 0 unspecified atom stereocenters. The number of carbonyl (C=O) groups is 1. The lowest BCUT2D eigenvalue weighted by Crippen LogP contribution is -2.50. The topological polar surface area (TPSA) is 124 Å². The van der Waals surface area contributed by atoms with Gasteiger partial charge in [0, 0.05) is 64.8 Å². The lowest BCUT2D eigenvalue weighted by molar-refractivity contribution is 0.0746. The van der Waals surface area contributed by atoms with E-state index in [0.717, 1.165) is 11.3 Å². The van der Waals surface area contributed by atoms with E-state index in [0.29, 0.717) is 32.1 Å². The van der Waals surface area contributed by atoms with Crippen LogP contribution in [0.1, 0.15) is 10.4 Å². The highest BCUT2D eigenvalue weighted by atomic mass is 35.5. The molecule has 15 heteroatoms. The van der Waals surface area contributed by atoms with Crippen molar-refractivity contribution in [2.24, 2.45) is 0 Å². The normalized spacial score (nSPS) is 18.0. The summed E-state index contributed by atoms with van der Waals surface area (Å²) in [4.78, 5) is 25.3. The minimum absolute atomic E-state index is 0.00234. The first-order valence-electron chi connectivity index (χ1n) is 11.8. The van der Waals surface area contributed by atoms with E-state index in [9.17, 15) is 21.6 Å². The number of amides is 1. The van der Waals surface area contributed by atoms with Gasteiger partial charge in [-0.05, 0) is 35.7 Å². The summed E-state index contributed by atoms with van der Waals surface area (Å²) in [5.41, 5.74) is 0.107. The van der Waals surface area contributed by atoms with E-state index in [1.807, 2.05) is 4.90 Å². The van der Waals surface area contributed by atoms with Gasteiger partial charge in [-0.3, -0.25) is 4.79 Å². The van der Waals surface area contributed by atoms with Crippen molar-refractivity contribution in [3.63, 3.8) is 0 Å². The molecular formula is C23H25ClN6O5S3. The Morgan fingerprint density at radius 1 is 0.816 bits per heavy atom. The van der Waals surface area contributed by atoms with Crippen LogP contribution in [0.2, 0.25) is 5.02 Å². The van der Waals surface area contributed by atoms with Crippen LogP contribution < -0.4 is 4.90 Å². The quantitative estimate of drug-likeness (QED) is 0.422. The van der Waals surface area contributed by atoms with Crippen LogP contribution in [0.3, 0.4) is 0 Å². The van der Waals surface area contributed by atoms with Crippen molar-refractivity contribution in [3.8, 4) is 0 Å². The molecule has 0 N–H and O–H groups in total. The molecular weight excluding hydrogens is 572 g/mol. The SMILES string of the molecule is O=C(c1cc(S(=O)(=O)N2CCN(S(=O)(=O)c3cccs3)CC2)ccc1Cl)N1CCN(c2ncccn2)CC1. The van der Waals surface area contributed by atoms with Gasteiger partial charge in [-0.2, -0.15) is 8.61 Å². The van der Waals surface area contributed by atoms with E-state index in [-0.39, 0.29) is 51.8 Å². The van der Waals surface area contributed by atoms with Crippen molar-refractivity contribution in [2.45, 2.75) is 9.10 Å². The van der Waals surface area contributed by atoms with E-state index in [2.05, 4.69) is 9.97 Å². The molecule has 11 nitrogen and oxygen atoms in total. The average molecular weight is 597 g/mol. The zero-order valence-electron chi connectivity index (χ0n) is 20.2. The minimum Gasteiger partial charge on any atom is -0.337 e. The second-order valence-corrected chi connectivity index (χ2v) is 14.2. The first kappa shape index (κ1) is 27.0. The predicted molar refractivity (Wildman–Crippen MR) is 143 cm³/mol. The summed E-state index contributed by atoms with van der Waals surface area (Å²) < 4.78 is 55.1. The first-order chi connectivity index (χ1) is 18.2. The van der Waals surface area contributed by atoms with Gasteiger partial charge >= 0.3 is 0 Å². The van der Waals surface area contributed by atoms with Gasteiger partial charge in [0.05, 0.1) is 15.5 Å². The Bertz CT molecular complexity index is 1500. The maximum atomic E-state index is 13.4. The van der Waals surface area contributed by atoms with E-state index in [1.54, 1.807) is 34.8 Å². The molecule has 0 atom stereocenters. The maximum Gasteiger partial charge on any atom is 0.255 e. The van der Waals surface area contributed by atoms with Gasteiger partial charge < -0.3 is 9.80 Å². The molecule has 2 saturated heterocycles. The number of anilines is 1. The highest BCUT2D eigenvalue weighted by Crippen LogP contribution is 2.27. The predicted octanol–water partition coefficient (Wildman–Crippen LogP) is 1.85. The molecule has 1 amide bonds. The number of hydrogen-bond acceptors (Lipinski definition) is 9. The number of thiophene rings is 1.